The number of halogens is 1. The fourth-order valence-corrected chi connectivity index (χ4v) is 2.60. The van der Waals surface area contributed by atoms with Crippen molar-refractivity contribution in [2.45, 2.75) is 0 Å². The number of esters is 1. The Labute approximate surface area is 160 Å². The number of methoxy groups -OCH3 is 1. The number of nitrogens with one attached hydrogen (secondary N) is 1. The highest BCUT2D eigenvalue weighted by Crippen LogP contribution is 2.40. The molecule has 0 radical (unpaired) electrons. The number of fused-ring (bicyclic) bond motifs is 1. The van der Waals surface area contributed by atoms with E-state index >= 15 is 0 Å². The van der Waals surface area contributed by atoms with Crippen LogP contribution in [0.3, 0.4) is 0 Å². The van der Waals surface area contributed by atoms with E-state index < -0.39 is 18.5 Å². The quantitative estimate of drug-likeness (QED) is 0.603. The largest absolute Gasteiger partial charge is 0.497 e. The summed E-state index contributed by atoms with van der Waals surface area (Å²) in [5.74, 6) is 0.467. The molecule has 7 nitrogen and oxygen atoms in total. The maximum Gasteiger partial charge on any atom is 0.331 e. The van der Waals surface area contributed by atoms with E-state index in [0.717, 1.165) is 0 Å². The van der Waals surface area contributed by atoms with Crippen LogP contribution in [0.1, 0.15) is 5.56 Å². The summed E-state index contributed by atoms with van der Waals surface area (Å²) in [4.78, 5) is 23.7. The van der Waals surface area contributed by atoms with Crippen molar-refractivity contribution >= 4 is 35.2 Å². The van der Waals surface area contributed by atoms with Crippen molar-refractivity contribution in [3.63, 3.8) is 0 Å². The molecule has 2 aromatic rings. The summed E-state index contributed by atoms with van der Waals surface area (Å²) >= 11 is 6.07. The summed E-state index contributed by atoms with van der Waals surface area (Å²) in [5.41, 5.74) is 1.18. The summed E-state index contributed by atoms with van der Waals surface area (Å²) in [5, 5.41) is 3.00. The van der Waals surface area contributed by atoms with E-state index in [1.807, 2.05) is 0 Å². The van der Waals surface area contributed by atoms with Crippen LogP contribution < -0.4 is 19.5 Å². The number of hydrogen-bond acceptors (Lipinski definition) is 6. The van der Waals surface area contributed by atoms with Gasteiger partial charge in [-0.25, -0.2) is 4.79 Å². The summed E-state index contributed by atoms with van der Waals surface area (Å²) < 4.78 is 20.5. The van der Waals surface area contributed by atoms with E-state index in [1.165, 1.54) is 19.3 Å². The summed E-state index contributed by atoms with van der Waals surface area (Å²) in [6.45, 7) is -0.311. The van der Waals surface area contributed by atoms with Crippen LogP contribution in [0.25, 0.3) is 6.08 Å². The van der Waals surface area contributed by atoms with Gasteiger partial charge in [-0.3, -0.25) is 4.79 Å². The smallest absolute Gasteiger partial charge is 0.331 e. The van der Waals surface area contributed by atoms with E-state index in [-0.39, 0.29) is 6.79 Å². The van der Waals surface area contributed by atoms with Crippen LogP contribution in [0, 0.1) is 0 Å². The summed E-state index contributed by atoms with van der Waals surface area (Å²) in [6.07, 6.45) is 2.71. The normalized spacial score (nSPS) is 12.1. The van der Waals surface area contributed by atoms with Gasteiger partial charge in [0.2, 0.25) is 6.79 Å². The second kappa shape index (κ2) is 8.46. The molecule has 140 valence electrons. The molecule has 1 aliphatic rings. The average molecular weight is 390 g/mol. The topological polar surface area (TPSA) is 83.1 Å². The Bertz CT molecular complexity index is 896. The Morgan fingerprint density at radius 1 is 1.26 bits per heavy atom. The van der Waals surface area contributed by atoms with Gasteiger partial charge in [0.25, 0.3) is 5.91 Å². The van der Waals surface area contributed by atoms with Crippen LogP contribution in [-0.4, -0.2) is 32.4 Å². The van der Waals surface area contributed by atoms with Crippen LogP contribution in [0.15, 0.2) is 42.5 Å². The van der Waals surface area contributed by atoms with Crippen molar-refractivity contribution in [3.8, 4) is 17.2 Å². The van der Waals surface area contributed by atoms with Gasteiger partial charge in [-0.1, -0.05) is 17.7 Å². The lowest BCUT2D eigenvalue weighted by atomic mass is 10.2. The van der Waals surface area contributed by atoms with E-state index in [9.17, 15) is 9.59 Å². The highest BCUT2D eigenvalue weighted by Gasteiger charge is 2.17. The van der Waals surface area contributed by atoms with Crippen molar-refractivity contribution in [2.75, 3.05) is 25.8 Å². The number of ether oxygens (including phenoxy) is 4. The van der Waals surface area contributed by atoms with Gasteiger partial charge >= 0.3 is 5.97 Å². The zero-order valence-corrected chi connectivity index (χ0v) is 15.1. The second-order valence-electron chi connectivity index (χ2n) is 5.46. The molecule has 0 unspecified atom stereocenters. The first kappa shape index (κ1) is 18.6. The number of carbonyl (C=O) groups is 2. The molecule has 0 aliphatic carbocycles. The number of hydrogen-bond donors (Lipinski definition) is 1. The van der Waals surface area contributed by atoms with Crippen molar-refractivity contribution in [1.82, 2.24) is 0 Å². The highest BCUT2D eigenvalue weighted by atomic mass is 35.5. The Morgan fingerprint density at radius 2 is 2.11 bits per heavy atom. The first-order valence-corrected chi connectivity index (χ1v) is 8.31. The molecule has 1 heterocycles. The van der Waals surface area contributed by atoms with Gasteiger partial charge in [0.1, 0.15) is 5.75 Å². The molecule has 27 heavy (non-hydrogen) atoms. The van der Waals surface area contributed by atoms with Crippen LogP contribution in [0.2, 0.25) is 5.02 Å². The van der Waals surface area contributed by atoms with Crippen LogP contribution >= 0.6 is 11.6 Å². The predicted molar refractivity (Wildman–Crippen MR) is 99.2 cm³/mol. The lowest BCUT2D eigenvalue weighted by Gasteiger charge is -2.07. The molecule has 1 aliphatic heterocycles. The number of carbonyl (C=O) groups excluding carboxylic acids is 2. The van der Waals surface area contributed by atoms with E-state index in [4.69, 9.17) is 30.5 Å². The van der Waals surface area contributed by atoms with Crippen LogP contribution in [0.4, 0.5) is 5.69 Å². The van der Waals surface area contributed by atoms with Gasteiger partial charge < -0.3 is 24.3 Å². The van der Waals surface area contributed by atoms with Gasteiger partial charge in [-0.05, 0) is 35.9 Å². The Balaban J connectivity index is 1.51. The molecular formula is C19H16ClNO6. The molecule has 0 spiro atoms. The van der Waals surface area contributed by atoms with E-state index in [0.29, 0.717) is 33.5 Å². The zero-order valence-electron chi connectivity index (χ0n) is 14.4. The van der Waals surface area contributed by atoms with Gasteiger partial charge in [0.15, 0.2) is 18.1 Å². The maximum absolute atomic E-state index is 11.9. The van der Waals surface area contributed by atoms with Crippen molar-refractivity contribution in [3.05, 3.63) is 53.1 Å². The minimum atomic E-state index is -0.662. The zero-order chi connectivity index (χ0) is 19.2. The Hall–Kier alpha value is -3.19. The first-order chi connectivity index (χ1) is 13.0. The fraction of sp³-hybridized carbons (Fsp3) is 0.158. The average Bonchev–Trinajstić information content (AvgIpc) is 3.14. The SMILES string of the molecule is COc1cccc(NC(=O)COC(=O)/C=C/c2cc(Cl)c3c(c2)OCO3)c1. The highest BCUT2D eigenvalue weighted by molar-refractivity contribution is 6.32. The second-order valence-corrected chi connectivity index (χ2v) is 5.86. The number of benzene rings is 2. The molecule has 0 fully saturated rings. The molecule has 1 amide bonds. The summed E-state index contributed by atoms with van der Waals surface area (Å²) in [6, 6.07) is 10.2. The fourth-order valence-electron chi connectivity index (χ4n) is 2.33. The third-order valence-corrected chi connectivity index (χ3v) is 3.84. The number of amides is 1. The van der Waals surface area contributed by atoms with E-state index in [1.54, 1.807) is 36.4 Å². The molecule has 0 saturated carbocycles. The van der Waals surface area contributed by atoms with Crippen molar-refractivity contribution in [1.29, 1.82) is 0 Å². The molecule has 0 atom stereocenters. The van der Waals surface area contributed by atoms with Gasteiger partial charge in [0, 0.05) is 17.8 Å². The third-order valence-electron chi connectivity index (χ3n) is 3.56. The first-order valence-electron chi connectivity index (χ1n) is 7.93. The monoisotopic (exact) mass is 389 g/mol. The number of rotatable bonds is 6. The molecule has 0 saturated heterocycles. The van der Waals surface area contributed by atoms with Gasteiger partial charge in [0.05, 0.1) is 12.1 Å². The third kappa shape index (κ3) is 4.92. The van der Waals surface area contributed by atoms with Crippen LogP contribution in [0.5, 0.6) is 17.2 Å². The minimum absolute atomic E-state index is 0.104. The molecule has 8 heteroatoms. The Kier molecular flexibility index (Phi) is 5.83. The number of anilines is 1. The predicted octanol–water partition coefficient (Wildman–Crippen LogP) is 3.27. The van der Waals surface area contributed by atoms with Crippen LogP contribution in [-0.2, 0) is 14.3 Å². The van der Waals surface area contributed by atoms with Crippen molar-refractivity contribution < 1.29 is 28.5 Å². The van der Waals surface area contributed by atoms with Crippen molar-refractivity contribution in [2.24, 2.45) is 0 Å². The standard InChI is InChI=1S/C19H16ClNO6/c1-24-14-4-2-3-13(9-14)21-17(22)10-25-18(23)6-5-12-7-15(20)19-16(8-12)26-11-27-19/h2-9H,10-11H2,1H3,(H,21,22)/b6-5+. The molecule has 2 aromatic carbocycles. The lowest BCUT2D eigenvalue weighted by Crippen LogP contribution is -2.20. The summed E-state index contributed by atoms with van der Waals surface area (Å²) in [7, 11) is 1.53. The molecule has 3 rings (SSSR count). The van der Waals surface area contributed by atoms with E-state index in [2.05, 4.69) is 5.32 Å². The molecule has 0 bridgehead atoms. The van der Waals surface area contributed by atoms with Gasteiger partial charge in [-0.15, -0.1) is 0 Å². The molecule has 1 N–H and O–H groups in total. The lowest BCUT2D eigenvalue weighted by molar-refractivity contribution is -0.142. The molecule has 0 aromatic heterocycles. The van der Waals surface area contributed by atoms with Gasteiger partial charge in [-0.2, -0.15) is 0 Å². The molecular weight excluding hydrogens is 374 g/mol. The maximum atomic E-state index is 11.9. The minimum Gasteiger partial charge on any atom is -0.497 e. The Morgan fingerprint density at radius 3 is 2.93 bits per heavy atom.